The molecule has 1 aromatic heterocycles. The number of rotatable bonds is 3. The Morgan fingerprint density at radius 2 is 1.94 bits per heavy atom. The fourth-order valence-electron chi connectivity index (χ4n) is 1.70. The van der Waals surface area contributed by atoms with E-state index in [0.29, 0.717) is 11.1 Å². The Labute approximate surface area is 102 Å². The normalized spacial score (nSPS) is 10.6. The van der Waals surface area contributed by atoms with Crippen LogP contribution in [0.2, 0.25) is 0 Å². The molecule has 0 aliphatic rings. The first-order valence-electron chi connectivity index (χ1n) is 5.44. The molecule has 0 aliphatic heterocycles. The number of halogens is 2. The highest BCUT2D eigenvalue weighted by Gasteiger charge is 2.05. The minimum absolute atomic E-state index is 0.150. The molecule has 2 rings (SSSR count). The molecule has 0 saturated heterocycles. The van der Waals surface area contributed by atoms with Crippen LogP contribution in [0.4, 0.5) is 8.78 Å². The van der Waals surface area contributed by atoms with Crippen LogP contribution in [0, 0.1) is 11.6 Å². The van der Waals surface area contributed by atoms with Gasteiger partial charge in [0.05, 0.1) is 6.54 Å². The van der Waals surface area contributed by atoms with Crippen LogP contribution in [0.1, 0.15) is 11.1 Å². The molecule has 0 fully saturated rings. The molecule has 3 nitrogen and oxygen atoms in total. The zero-order valence-electron chi connectivity index (χ0n) is 9.57. The lowest BCUT2D eigenvalue weighted by atomic mass is 10.2. The van der Waals surface area contributed by atoms with Crippen molar-refractivity contribution in [3.63, 3.8) is 0 Å². The van der Waals surface area contributed by atoms with E-state index in [1.165, 1.54) is 10.6 Å². The zero-order valence-corrected chi connectivity index (χ0v) is 9.57. The van der Waals surface area contributed by atoms with Crippen molar-refractivity contribution >= 4 is 0 Å². The first kappa shape index (κ1) is 12.4. The van der Waals surface area contributed by atoms with Crippen molar-refractivity contribution in [3.8, 4) is 0 Å². The Kier molecular flexibility index (Phi) is 3.53. The van der Waals surface area contributed by atoms with Gasteiger partial charge in [0, 0.05) is 18.3 Å². The van der Waals surface area contributed by atoms with E-state index in [4.69, 9.17) is 5.73 Å². The number of nitrogens with two attached hydrogens (primary N) is 1. The van der Waals surface area contributed by atoms with Gasteiger partial charge < -0.3 is 10.3 Å². The number of aromatic nitrogens is 1. The van der Waals surface area contributed by atoms with Crippen molar-refractivity contribution in [2.75, 3.05) is 0 Å². The average molecular weight is 250 g/mol. The van der Waals surface area contributed by atoms with Gasteiger partial charge in [0.15, 0.2) is 11.6 Å². The van der Waals surface area contributed by atoms with Crippen molar-refractivity contribution in [3.05, 3.63) is 69.6 Å². The number of benzene rings is 1. The van der Waals surface area contributed by atoms with E-state index in [2.05, 4.69) is 0 Å². The quantitative estimate of drug-likeness (QED) is 0.900. The van der Waals surface area contributed by atoms with E-state index < -0.39 is 11.6 Å². The summed E-state index contributed by atoms with van der Waals surface area (Å²) in [5.41, 5.74) is 6.22. The second kappa shape index (κ2) is 5.10. The van der Waals surface area contributed by atoms with Gasteiger partial charge in [-0.3, -0.25) is 4.79 Å². The summed E-state index contributed by atoms with van der Waals surface area (Å²) in [6, 6.07) is 6.91. The number of nitrogens with zero attached hydrogens (tertiary/aromatic N) is 1. The maximum absolute atomic E-state index is 13.0. The molecule has 0 atom stereocenters. The highest BCUT2D eigenvalue weighted by molar-refractivity contribution is 5.19. The summed E-state index contributed by atoms with van der Waals surface area (Å²) >= 11 is 0. The number of hydrogen-bond acceptors (Lipinski definition) is 2. The molecule has 5 heteroatoms. The summed E-state index contributed by atoms with van der Waals surface area (Å²) in [5, 5.41) is 0. The summed E-state index contributed by atoms with van der Waals surface area (Å²) in [6.07, 6.45) is 1.59. The van der Waals surface area contributed by atoms with Crippen molar-refractivity contribution in [1.82, 2.24) is 4.57 Å². The Balaban J connectivity index is 2.34. The van der Waals surface area contributed by atoms with Crippen molar-refractivity contribution < 1.29 is 8.78 Å². The Morgan fingerprint density at radius 3 is 2.61 bits per heavy atom. The van der Waals surface area contributed by atoms with Crippen LogP contribution in [-0.4, -0.2) is 4.57 Å². The van der Waals surface area contributed by atoms with Gasteiger partial charge in [-0.15, -0.1) is 0 Å². The van der Waals surface area contributed by atoms with Crippen LogP contribution in [0.5, 0.6) is 0 Å². The summed E-state index contributed by atoms with van der Waals surface area (Å²) < 4.78 is 27.2. The Hall–Kier alpha value is -2.01. The van der Waals surface area contributed by atoms with Gasteiger partial charge in [-0.1, -0.05) is 12.1 Å². The smallest absolute Gasteiger partial charge is 0.255 e. The lowest BCUT2D eigenvalue weighted by Gasteiger charge is -2.07. The fraction of sp³-hybridized carbons (Fsp3) is 0.154. The third-order valence-electron chi connectivity index (χ3n) is 2.66. The SMILES string of the molecule is NCc1cccn(Cc2ccc(F)c(F)c2)c1=O. The molecular formula is C13H12F2N2O. The minimum atomic E-state index is -0.921. The molecule has 2 N–H and O–H groups in total. The van der Waals surface area contributed by atoms with Gasteiger partial charge in [0.25, 0.3) is 5.56 Å². The van der Waals surface area contributed by atoms with Crippen LogP contribution >= 0.6 is 0 Å². The zero-order chi connectivity index (χ0) is 13.1. The highest BCUT2D eigenvalue weighted by atomic mass is 19.2. The van der Waals surface area contributed by atoms with Crippen molar-refractivity contribution in [2.24, 2.45) is 5.73 Å². The molecule has 0 amide bonds. The number of hydrogen-bond donors (Lipinski definition) is 1. The second-order valence-corrected chi connectivity index (χ2v) is 3.92. The first-order valence-corrected chi connectivity index (χ1v) is 5.44. The van der Waals surface area contributed by atoms with Crippen molar-refractivity contribution in [1.29, 1.82) is 0 Å². The van der Waals surface area contributed by atoms with Crippen LogP contribution < -0.4 is 11.3 Å². The van der Waals surface area contributed by atoms with E-state index in [-0.39, 0.29) is 18.6 Å². The lowest BCUT2D eigenvalue weighted by Crippen LogP contribution is -2.25. The van der Waals surface area contributed by atoms with Crippen LogP contribution in [0.25, 0.3) is 0 Å². The van der Waals surface area contributed by atoms with Crippen LogP contribution in [-0.2, 0) is 13.1 Å². The van der Waals surface area contributed by atoms with Gasteiger partial charge in [0.1, 0.15) is 0 Å². The molecule has 0 radical (unpaired) electrons. The lowest BCUT2D eigenvalue weighted by molar-refractivity contribution is 0.506. The predicted molar refractivity (Wildman–Crippen MR) is 64.1 cm³/mol. The minimum Gasteiger partial charge on any atom is -0.326 e. The van der Waals surface area contributed by atoms with Gasteiger partial charge in [-0.05, 0) is 23.8 Å². The number of pyridine rings is 1. The average Bonchev–Trinajstić information content (AvgIpc) is 2.36. The molecule has 1 heterocycles. The summed E-state index contributed by atoms with van der Waals surface area (Å²) in [6.45, 7) is 0.335. The van der Waals surface area contributed by atoms with Gasteiger partial charge in [0.2, 0.25) is 0 Å². The van der Waals surface area contributed by atoms with Crippen LogP contribution in [0.3, 0.4) is 0 Å². The topological polar surface area (TPSA) is 48.0 Å². The van der Waals surface area contributed by atoms with E-state index in [1.54, 1.807) is 18.3 Å². The van der Waals surface area contributed by atoms with E-state index in [0.717, 1.165) is 12.1 Å². The van der Waals surface area contributed by atoms with Gasteiger partial charge in [-0.2, -0.15) is 0 Å². The van der Waals surface area contributed by atoms with Crippen molar-refractivity contribution in [2.45, 2.75) is 13.1 Å². The molecular weight excluding hydrogens is 238 g/mol. The standard InChI is InChI=1S/C13H12F2N2O/c14-11-4-3-9(6-12(11)15)8-17-5-1-2-10(7-16)13(17)18/h1-6H,7-8,16H2. The second-order valence-electron chi connectivity index (χ2n) is 3.92. The fourth-order valence-corrected chi connectivity index (χ4v) is 1.70. The molecule has 94 valence electrons. The van der Waals surface area contributed by atoms with Gasteiger partial charge in [-0.25, -0.2) is 8.78 Å². The summed E-state index contributed by atoms with van der Waals surface area (Å²) in [4.78, 5) is 11.9. The van der Waals surface area contributed by atoms with E-state index >= 15 is 0 Å². The monoisotopic (exact) mass is 250 g/mol. The summed E-state index contributed by atoms with van der Waals surface area (Å²) in [7, 11) is 0. The molecule has 18 heavy (non-hydrogen) atoms. The Bertz CT molecular complexity index is 623. The Morgan fingerprint density at radius 1 is 1.17 bits per heavy atom. The molecule has 2 aromatic rings. The van der Waals surface area contributed by atoms with Crippen LogP contribution in [0.15, 0.2) is 41.3 Å². The molecule has 0 spiro atoms. The maximum atomic E-state index is 13.0. The van der Waals surface area contributed by atoms with E-state index in [9.17, 15) is 13.6 Å². The summed E-state index contributed by atoms with van der Waals surface area (Å²) in [5.74, 6) is -1.82. The van der Waals surface area contributed by atoms with Gasteiger partial charge >= 0.3 is 0 Å². The predicted octanol–water partition coefficient (Wildman–Crippen LogP) is 1.63. The molecule has 0 unspecified atom stereocenters. The third-order valence-corrected chi connectivity index (χ3v) is 2.66. The maximum Gasteiger partial charge on any atom is 0.255 e. The van der Waals surface area contributed by atoms with E-state index in [1.807, 2.05) is 0 Å². The first-order chi connectivity index (χ1) is 8.61. The molecule has 0 bridgehead atoms. The molecule has 1 aromatic carbocycles. The largest absolute Gasteiger partial charge is 0.326 e. The molecule has 0 saturated carbocycles. The molecule has 0 aliphatic carbocycles. The highest BCUT2D eigenvalue weighted by Crippen LogP contribution is 2.09. The third kappa shape index (κ3) is 2.46.